The van der Waals surface area contributed by atoms with Crippen LogP contribution < -0.4 is 34.7 Å². The Bertz CT molecular complexity index is 1240. The summed E-state index contributed by atoms with van der Waals surface area (Å²) < 4.78 is 41.0. The zero-order valence-corrected chi connectivity index (χ0v) is 20.2. The molecule has 0 saturated carbocycles. The minimum atomic E-state index is -3.71. The van der Waals surface area contributed by atoms with Gasteiger partial charge in [-0.15, -0.1) is 0 Å². The second kappa shape index (κ2) is 8.63. The van der Waals surface area contributed by atoms with E-state index in [1.54, 1.807) is 12.1 Å². The summed E-state index contributed by atoms with van der Waals surface area (Å²) in [4.78, 5) is 11.2. The standard InChI is InChI=1S/C21H19ClFNO4S.Na/c1-29(27,28)18-10-15(23)9-17-16-7-4-13(8-19(25)26)20(16)24(21(17)18)11-12-2-5-14(22)6-3-12;/h2-3,5-6,9-10,13H,4,7-8,11H2,1H3,(H,25,26);/q;+1/p-1. The third-order valence-corrected chi connectivity index (χ3v) is 6.79. The number of carbonyl (C=O) groups excluding carboxylic acids is 1. The molecule has 0 saturated heterocycles. The van der Waals surface area contributed by atoms with Crippen LogP contribution >= 0.6 is 11.6 Å². The summed E-state index contributed by atoms with van der Waals surface area (Å²) in [6.45, 7) is 0.320. The molecule has 3 aromatic rings. The van der Waals surface area contributed by atoms with Crippen LogP contribution in [0.25, 0.3) is 10.9 Å². The van der Waals surface area contributed by atoms with Crippen LogP contribution in [-0.2, 0) is 27.6 Å². The monoisotopic (exact) mass is 457 g/mol. The Hall–Kier alpha value is -1.38. The van der Waals surface area contributed by atoms with Gasteiger partial charge in [0.1, 0.15) is 5.82 Å². The second-order valence-electron chi connectivity index (χ2n) is 7.46. The predicted octanol–water partition coefficient (Wildman–Crippen LogP) is 0.0594. The van der Waals surface area contributed by atoms with Crippen LogP contribution in [0.3, 0.4) is 0 Å². The van der Waals surface area contributed by atoms with Crippen molar-refractivity contribution >= 4 is 38.3 Å². The van der Waals surface area contributed by atoms with E-state index in [0.717, 1.165) is 29.1 Å². The van der Waals surface area contributed by atoms with E-state index in [4.69, 9.17) is 11.6 Å². The van der Waals surface area contributed by atoms with E-state index in [2.05, 4.69) is 0 Å². The van der Waals surface area contributed by atoms with Crippen molar-refractivity contribution in [2.45, 2.75) is 36.6 Å². The van der Waals surface area contributed by atoms with Crippen LogP contribution in [0.2, 0.25) is 5.02 Å². The third-order valence-electron chi connectivity index (χ3n) is 5.43. The first-order valence-corrected chi connectivity index (χ1v) is 11.4. The number of nitrogens with zero attached hydrogens (tertiary/aromatic N) is 1. The maximum absolute atomic E-state index is 14.3. The van der Waals surface area contributed by atoms with Crippen LogP contribution in [-0.4, -0.2) is 25.2 Å². The first-order valence-electron chi connectivity index (χ1n) is 9.14. The van der Waals surface area contributed by atoms with Gasteiger partial charge in [0.25, 0.3) is 0 Å². The number of aliphatic carboxylic acids is 1. The number of carbonyl (C=O) groups is 1. The number of fused-ring (bicyclic) bond motifs is 3. The molecule has 0 radical (unpaired) electrons. The average molecular weight is 458 g/mol. The van der Waals surface area contributed by atoms with Crippen molar-refractivity contribution in [1.29, 1.82) is 0 Å². The van der Waals surface area contributed by atoms with E-state index >= 15 is 0 Å². The van der Waals surface area contributed by atoms with Crippen LogP contribution in [0.15, 0.2) is 41.3 Å². The van der Waals surface area contributed by atoms with Crippen molar-refractivity contribution in [3.63, 3.8) is 0 Å². The maximum atomic E-state index is 14.3. The minimum absolute atomic E-state index is 0. The van der Waals surface area contributed by atoms with Gasteiger partial charge >= 0.3 is 29.6 Å². The van der Waals surface area contributed by atoms with Gasteiger partial charge in [-0.05, 0) is 54.7 Å². The number of aromatic nitrogens is 1. The molecule has 1 aromatic heterocycles. The van der Waals surface area contributed by atoms with E-state index in [-0.39, 0.29) is 46.8 Å². The molecule has 1 aliphatic carbocycles. The molecule has 30 heavy (non-hydrogen) atoms. The van der Waals surface area contributed by atoms with E-state index in [1.807, 2.05) is 16.7 Å². The van der Waals surface area contributed by atoms with Gasteiger partial charge in [0.05, 0.1) is 10.4 Å². The number of rotatable bonds is 5. The molecule has 4 rings (SSSR count). The maximum Gasteiger partial charge on any atom is 1.00 e. The Morgan fingerprint density at radius 3 is 2.53 bits per heavy atom. The van der Waals surface area contributed by atoms with Gasteiger partial charge in [0, 0.05) is 40.8 Å². The first-order chi connectivity index (χ1) is 13.6. The number of hydrogen-bond acceptors (Lipinski definition) is 4. The molecule has 152 valence electrons. The molecule has 9 heteroatoms. The van der Waals surface area contributed by atoms with Gasteiger partial charge in [-0.2, -0.15) is 0 Å². The molecule has 0 amide bonds. The van der Waals surface area contributed by atoms with Gasteiger partial charge in [-0.1, -0.05) is 23.7 Å². The van der Waals surface area contributed by atoms with Crippen LogP contribution in [0.4, 0.5) is 4.39 Å². The zero-order valence-electron chi connectivity index (χ0n) is 16.6. The Labute approximate surface area is 201 Å². The Kier molecular flexibility index (Phi) is 6.70. The average Bonchev–Trinajstić information content (AvgIpc) is 3.15. The first kappa shape index (κ1) is 23.3. The summed E-state index contributed by atoms with van der Waals surface area (Å²) in [6.07, 6.45) is 2.04. The molecular formula is C21H18ClFNNaO4S. The Morgan fingerprint density at radius 2 is 1.93 bits per heavy atom. The summed E-state index contributed by atoms with van der Waals surface area (Å²) >= 11 is 5.97. The smallest absolute Gasteiger partial charge is 0.550 e. The summed E-state index contributed by atoms with van der Waals surface area (Å²) in [6, 6.07) is 9.48. The van der Waals surface area contributed by atoms with E-state index in [0.29, 0.717) is 35.3 Å². The third kappa shape index (κ3) is 4.32. The number of halogens is 2. The van der Waals surface area contributed by atoms with Crippen molar-refractivity contribution in [3.05, 3.63) is 64.1 Å². The summed E-state index contributed by atoms with van der Waals surface area (Å²) in [7, 11) is -3.71. The van der Waals surface area contributed by atoms with Gasteiger partial charge in [-0.3, -0.25) is 0 Å². The topological polar surface area (TPSA) is 79.2 Å². The van der Waals surface area contributed by atoms with Crippen LogP contribution in [0, 0.1) is 5.82 Å². The number of hydrogen-bond donors (Lipinski definition) is 0. The van der Waals surface area contributed by atoms with Crippen molar-refractivity contribution in [1.82, 2.24) is 4.57 Å². The fourth-order valence-electron chi connectivity index (χ4n) is 4.31. The van der Waals surface area contributed by atoms with Gasteiger partial charge < -0.3 is 14.5 Å². The number of benzene rings is 2. The molecule has 5 nitrogen and oxygen atoms in total. The zero-order chi connectivity index (χ0) is 20.9. The molecule has 0 N–H and O–H groups in total. The van der Waals surface area contributed by atoms with Crippen molar-refractivity contribution < 1.29 is 52.3 Å². The number of carboxylic acid groups (broad SMARTS) is 1. The summed E-state index contributed by atoms with van der Waals surface area (Å²) in [5, 5.41) is 12.4. The summed E-state index contributed by atoms with van der Waals surface area (Å²) in [5.74, 6) is -2.11. The van der Waals surface area contributed by atoms with Crippen molar-refractivity contribution in [3.8, 4) is 0 Å². The predicted molar refractivity (Wildman–Crippen MR) is 106 cm³/mol. The molecule has 0 fully saturated rings. The van der Waals surface area contributed by atoms with E-state index < -0.39 is 21.6 Å². The Balaban J connectivity index is 0.00000256. The molecule has 1 heterocycles. The van der Waals surface area contributed by atoms with Gasteiger partial charge in [0.2, 0.25) is 0 Å². The molecule has 0 spiro atoms. The number of carboxylic acids is 1. The normalized spacial score (nSPS) is 15.8. The quantitative estimate of drug-likeness (QED) is 0.508. The number of aryl methyl sites for hydroxylation is 1. The van der Waals surface area contributed by atoms with E-state index in [1.165, 1.54) is 6.07 Å². The largest absolute Gasteiger partial charge is 1.00 e. The summed E-state index contributed by atoms with van der Waals surface area (Å²) in [5.41, 5.74) is 2.84. The van der Waals surface area contributed by atoms with Crippen molar-refractivity contribution in [2.24, 2.45) is 0 Å². The molecule has 0 aliphatic heterocycles. The second-order valence-corrected chi connectivity index (χ2v) is 9.88. The fourth-order valence-corrected chi connectivity index (χ4v) is 5.33. The number of sulfone groups is 1. The fraction of sp³-hybridized carbons (Fsp3) is 0.286. The molecular weight excluding hydrogens is 440 g/mol. The van der Waals surface area contributed by atoms with Crippen LogP contribution in [0.5, 0.6) is 0 Å². The van der Waals surface area contributed by atoms with Crippen LogP contribution in [0.1, 0.15) is 35.6 Å². The molecule has 1 atom stereocenters. The minimum Gasteiger partial charge on any atom is -0.550 e. The van der Waals surface area contributed by atoms with Gasteiger partial charge in [0.15, 0.2) is 9.84 Å². The molecule has 0 bridgehead atoms. The Morgan fingerprint density at radius 1 is 1.27 bits per heavy atom. The SMILES string of the molecule is CS(=O)(=O)c1cc(F)cc2c3c(n(Cc4ccc(Cl)cc4)c12)C(CC(=O)[O-])CC3.[Na+]. The molecule has 2 aromatic carbocycles. The molecule has 1 unspecified atom stereocenters. The van der Waals surface area contributed by atoms with E-state index in [9.17, 15) is 22.7 Å². The van der Waals surface area contributed by atoms with Gasteiger partial charge in [-0.25, -0.2) is 12.8 Å². The van der Waals surface area contributed by atoms with Crippen molar-refractivity contribution in [2.75, 3.05) is 6.26 Å². The molecule has 1 aliphatic rings.